The number of carbonyl (C=O) groups excluding carboxylic acids is 1. The minimum atomic E-state index is -3.74. The monoisotopic (exact) mass is 460 g/mol. The lowest BCUT2D eigenvalue weighted by Crippen LogP contribution is -2.40. The van der Waals surface area contributed by atoms with E-state index in [9.17, 15) is 18.0 Å². The molecule has 0 amide bonds. The molecule has 0 atom stereocenters. The Morgan fingerprint density at radius 2 is 1.69 bits per heavy atom. The highest BCUT2D eigenvalue weighted by Crippen LogP contribution is 2.31. The summed E-state index contributed by atoms with van der Waals surface area (Å²) in [5.74, 6) is -0.0270. The van der Waals surface area contributed by atoms with Gasteiger partial charge in [-0.05, 0) is 30.3 Å². The van der Waals surface area contributed by atoms with Gasteiger partial charge >= 0.3 is 5.76 Å². The molecule has 2 aromatic carbocycles. The molecule has 10 nitrogen and oxygen atoms in total. The maximum Gasteiger partial charge on any atom is 0.420 e. The Hall–Kier alpha value is -3.15. The fraction of sp³-hybridized carbons (Fsp3) is 0.333. The van der Waals surface area contributed by atoms with Gasteiger partial charge in [0, 0.05) is 24.7 Å². The predicted molar refractivity (Wildman–Crippen MR) is 112 cm³/mol. The molecule has 3 heterocycles. The van der Waals surface area contributed by atoms with Crippen LogP contribution in [-0.2, 0) is 21.3 Å². The standard InChI is InChI=1S/C21H20N2O8S/c24-17(14-1-4-18-20(11-14)30-10-9-29-18)13-23-16-3-2-15(12-19(16)31-21(23)25)32(26,27)22-5-7-28-8-6-22/h1-4,11-12H,5-10,13H2. The zero-order valence-electron chi connectivity index (χ0n) is 17.0. The number of morpholine rings is 1. The van der Waals surface area contributed by atoms with Crippen LogP contribution in [0.15, 0.2) is 50.5 Å². The van der Waals surface area contributed by atoms with Crippen molar-refractivity contribution in [3.8, 4) is 11.5 Å². The van der Waals surface area contributed by atoms with Crippen molar-refractivity contribution in [1.82, 2.24) is 8.87 Å². The Morgan fingerprint density at radius 1 is 0.938 bits per heavy atom. The third-order valence-corrected chi connectivity index (χ3v) is 7.31. The van der Waals surface area contributed by atoms with Crippen LogP contribution >= 0.6 is 0 Å². The first-order chi connectivity index (χ1) is 15.4. The van der Waals surface area contributed by atoms with Gasteiger partial charge < -0.3 is 18.6 Å². The quantitative estimate of drug-likeness (QED) is 0.523. The molecule has 0 aliphatic carbocycles. The van der Waals surface area contributed by atoms with Crippen molar-refractivity contribution in [2.24, 2.45) is 0 Å². The maximum atomic E-state index is 12.9. The molecule has 11 heteroatoms. The van der Waals surface area contributed by atoms with Gasteiger partial charge in [0.2, 0.25) is 10.0 Å². The normalized spacial score (nSPS) is 16.9. The third kappa shape index (κ3) is 3.68. The van der Waals surface area contributed by atoms with Gasteiger partial charge in [-0.3, -0.25) is 9.36 Å². The van der Waals surface area contributed by atoms with E-state index in [2.05, 4.69) is 0 Å². The molecule has 0 spiro atoms. The third-order valence-electron chi connectivity index (χ3n) is 5.41. The van der Waals surface area contributed by atoms with Crippen molar-refractivity contribution in [3.05, 3.63) is 52.5 Å². The van der Waals surface area contributed by atoms with E-state index in [0.717, 1.165) is 0 Å². The summed E-state index contributed by atoms with van der Waals surface area (Å²) in [5.41, 5.74) is 0.795. The first-order valence-electron chi connectivity index (χ1n) is 10.1. The molecule has 2 aliphatic heterocycles. The Morgan fingerprint density at radius 3 is 2.47 bits per heavy atom. The molecule has 0 unspecified atom stereocenters. The lowest BCUT2D eigenvalue weighted by molar-refractivity contribution is 0.0730. The largest absolute Gasteiger partial charge is 0.486 e. The molecular weight excluding hydrogens is 440 g/mol. The van der Waals surface area contributed by atoms with Gasteiger partial charge in [-0.1, -0.05) is 0 Å². The Balaban J connectivity index is 1.43. The second-order valence-electron chi connectivity index (χ2n) is 7.38. The number of rotatable bonds is 5. The number of sulfonamides is 1. The lowest BCUT2D eigenvalue weighted by atomic mass is 10.1. The highest BCUT2D eigenvalue weighted by atomic mass is 32.2. The van der Waals surface area contributed by atoms with Gasteiger partial charge in [0.15, 0.2) is 22.9 Å². The van der Waals surface area contributed by atoms with E-state index >= 15 is 0 Å². The summed E-state index contributed by atoms with van der Waals surface area (Å²) in [4.78, 5) is 25.3. The minimum absolute atomic E-state index is 0.0194. The molecule has 32 heavy (non-hydrogen) atoms. The molecule has 0 saturated carbocycles. The van der Waals surface area contributed by atoms with E-state index in [4.69, 9.17) is 18.6 Å². The van der Waals surface area contributed by atoms with E-state index in [1.54, 1.807) is 18.2 Å². The van der Waals surface area contributed by atoms with Gasteiger partial charge in [-0.25, -0.2) is 13.2 Å². The van der Waals surface area contributed by atoms with Crippen molar-refractivity contribution < 1.29 is 31.8 Å². The number of Topliss-reactive ketones (excluding diaryl/α,β-unsaturated/α-hetero) is 1. The van der Waals surface area contributed by atoms with Crippen LogP contribution in [0, 0.1) is 0 Å². The number of fused-ring (bicyclic) bond motifs is 2. The average molecular weight is 460 g/mol. The van der Waals surface area contributed by atoms with E-state index < -0.39 is 15.8 Å². The molecule has 1 aromatic heterocycles. The van der Waals surface area contributed by atoms with Crippen LogP contribution < -0.4 is 15.2 Å². The molecule has 3 aromatic rings. The van der Waals surface area contributed by atoms with Crippen LogP contribution in [-0.4, -0.2) is 62.6 Å². The summed E-state index contributed by atoms with van der Waals surface area (Å²) in [6, 6.07) is 9.04. The maximum absolute atomic E-state index is 12.9. The number of hydrogen-bond donors (Lipinski definition) is 0. The average Bonchev–Trinajstić information content (AvgIpc) is 3.13. The van der Waals surface area contributed by atoms with Crippen LogP contribution in [0.4, 0.5) is 0 Å². The summed E-state index contributed by atoms with van der Waals surface area (Å²) < 4.78 is 49.7. The molecule has 1 saturated heterocycles. The van der Waals surface area contributed by atoms with Gasteiger partial charge in [0.05, 0.1) is 30.2 Å². The highest BCUT2D eigenvalue weighted by molar-refractivity contribution is 7.89. The van der Waals surface area contributed by atoms with Crippen LogP contribution in [0.25, 0.3) is 11.1 Å². The predicted octanol–water partition coefficient (Wildman–Crippen LogP) is 1.27. The number of hydrogen-bond acceptors (Lipinski definition) is 8. The SMILES string of the molecule is O=C(Cn1c(=O)oc2cc(S(=O)(=O)N3CCOCC3)ccc21)c1ccc2c(c1)OCCO2. The molecular formula is C21H20N2O8S. The fourth-order valence-corrected chi connectivity index (χ4v) is 5.17. The summed E-state index contributed by atoms with van der Waals surface area (Å²) in [7, 11) is -3.74. The first kappa shape index (κ1) is 20.7. The Bertz CT molecular complexity index is 1350. The minimum Gasteiger partial charge on any atom is -0.486 e. The van der Waals surface area contributed by atoms with Gasteiger partial charge in [0.25, 0.3) is 0 Å². The lowest BCUT2D eigenvalue weighted by Gasteiger charge is -2.25. The Labute approximate surface area is 182 Å². The number of ketones is 1. The van der Waals surface area contributed by atoms with Crippen molar-refractivity contribution in [3.63, 3.8) is 0 Å². The van der Waals surface area contributed by atoms with E-state index in [-0.39, 0.29) is 35.9 Å². The second kappa shape index (κ2) is 8.08. The van der Waals surface area contributed by atoms with Gasteiger partial charge in [-0.2, -0.15) is 4.31 Å². The van der Waals surface area contributed by atoms with Crippen molar-refractivity contribution in [1.29, 1.82) is 0 Å². The van der Waals surface area contributed by atoms with Crippen molar-refractivity contribution in [2.75, 3.05) is 39.5 Å². The second-order valence-corrected chi connectivity index (χ2v) is 9.32. The molecule has 1 fully saturated rings. The molecule has 0 radical (unpaired) electrons. The summed E-state index contributed by atoms with van der Waals surface area (Å²) in [5, 5.41) is 0. The number of ether oxygens (including phenoxy) is 3. The number of oxazole rings is 1. The zero-order chi connectivity index (χ0) is 22.3. The topological polar surface area (TPSA) is 117 Å². The van der Waals surface area contributed by atoms with E-state index in [1.807, 2.05) is 0 Å². The number of aromatic nitrogens is 1. The summed E-state index contributed by atoms with van der Waals surface area (Å²) in [6.07, 6.45) is 0. The smallest absolute Gasteiger partial charge is 0.420 e. The number of benzene rings is 2. The number of nitrogens with zero attached hydrogens (tertiary/aromatic N) is 2. The van der Waals surface area contributed by atoms with Crippen LogP contribution in [0.1, 0.15) is 10.4 Å². The van der Waals surface area contributed by atoms with Gasteiger partial charge in [-0.15, -0.1) is 0 Å². The van der Waals surface area contributed by atoms with Crippen LogP contribution in [0.5, 0.6) is 11.5 Å². The van der Waals surface area contributed by atoms with Crippen molar-refractivity contribution in [2.45, 2.75) is 11.4 Å². The summed E-state index contributed by atoms with van der Waals surface area (Å²) in [6.45, 7) is 1.75. The molecule has 2 aliphatic rings. The zero-order valence-corrected chi connectivity index (χ0v) is 17.8. The van der Waals surface area contributed by atoms with Crippen LogP contribution in [0.2, 0.25) is 0 Å². The Kier molecular flexibility index (Phi) is 5.24. The summed E-state index contributed by atoms with van der Waals surface area (Å²) >= 11 is 0. The van der Waals surface area contributed by atoms with Crippen LogP contribution in [0.3, 0.4) is 0 Å². The van der Waals surface area contributed by atoms with Crippen molar-refractivity contribution >= 4 is 26.9 Å². The molecule has 5 rings (SSSR count). The first-order valence-corrected chi connectivity index (χ1v) is 11.5. The highest BCUT2D eigenvalue weighted by Gasteiger charge is 2.27. The molecule has 168 valence electrons. The number of carbonyl (C=O) groups is 1. The van der Waals surface area contributed by atoms with Gasteiger partial charge in [0.1, 0.15) is 13.2 Å². The van der Waals surface area contributed by atoms with E-state index in [1.165, 1.54) is 27.1 Å². The fourth-order valence-electron chi connectivity index (χ4n) is 3.74. The molecule has 0 N–H and O–H groups in total. The van der Waals surface area contributed by atoms with E-state index in [0.29, 0.717) is 49.0 Å². The molecule has 0 bridgehead atoms.